The normalized spacial score (nSPS) is 23.7. The number of carboxylic acid groups (broad SMARTS) is 1. The topological polar surface area (TPSA) is 92.2 Å². The van der Waals surface area contributed by atoms with Gasteiger partial charge >= 0.3 is 5.97 Å². The first-order valence-corrected chi connectivity index (χ1v) is 15.3. The molecule has 41 heavy (non-hydrogen) atoms. The van der Waals surface area contributed by atoms with E-state index in [-0.39, 0.29) is 29.8 Å². The van der Waals surface area contributed by atoms with Gasteiger partial charge in [0.05, 0.1) is 17.7 Å². The number of fused-ring (bicyclic) bond motifs is 2. The number of ether oxygens (including phenoxy) is 2. The number of methoxy groups -OCH3 is 1. The van der Waals surface area contributed by atoms with Gasteiger partial charge in [-0.15, -0.1) is 11.3 Å². The van der Waals surface area contributed by atoms with E-state index in [0.29, 0.717) is 18.7 Å². The number of piperidine rings is 1. The zero-order valence-electron chi connectivity index (χ0n) is 23.8. The summed E-state index contributed by atoms with van der Waals surface area (Å²) in [6.07, 6.45) is 2.95. The van der Waals surface area contributed by atoms with Crippen LogP contribution in [0.15, 0.2) is 41.8 Å². The highest BCUT2D eigenvalue weighted by Crippen LogP contribution is 2.44. The number of aromatic nitrogens is 1. The lowest BCUT2D eigenvalue weighted by Gasteiger charge is -2.35. The Morgan fingerprint density at radius 1 is 1.05 bits per heavy atom. The number of carboxylic acids is 1. The van der Waals surface area contributed by atoms with E-state index < -0.39 is 5.97 Å². The van der Waals surface area contributed by atoms with Gasteiger partial charge in [0.25, 0.3) is 5.91 Å². The fourth-order valence-corrected chi connectivity index (χ4v) is 7.56. The number of benzene rings is 2. The van der Waals surface area contributed by atoms with Crippen molar-refractivity contribution in [3.05, 3.63) is 64.0 Å². The van der Waals surface area contributed by atoms with Crippen LogP contribution in [0.5, 0.6) is 5.75 Å². The first kappa shape index (κ1) is 27.7. The van der Waals surface area contributed by atoms with Crippen LogP contribution in [0, 0.1) is 31.6 Å². The van der Waals surface area contributed by atoms with Crippen molar-refractivity contribution < 1.29 is 24.2 Å². The summed E-state index contributed by atoms with van der Waals surface area (Å²) in [6, 6.07) is 12.0. The van der Waals surface area contributed by atoms with Gasteiger partial charge < -0.3 is 24.4 Å². The van der Waals surface area contributed by atoms with E-state index in [4.69, 9.17) is 14.5 Å². The zero-order chi connectivity index (χ0) is 28.7. The minimum atomic E-state index is -0.651. The number of aliphatic carboxylic acids is 1. The minimum Gasteiger partial charge on any atom is -0.488 e. The SMILES string of the molecule is CO[C@@H]1CCN(C(=O)c2ccc(COc3ccc(C)cc3-c3csc(N4C[C@H]5CC[C@@H](C4)[C@H]5C(=O)O)n3)c(C)c2)C1. The van der Waals surface area contributed by atoms with Gasteiger partial charge in [-0.25, -0.2) is 4.98 Å². The third-order valence-corrected chi connectivity index (χ3v) is 9.93. The second kappa shape index (κ2) is 11.4. The van der Waals surface area contributed by atoms with E-state index in [2.05, 4.69) is 23.3 Å². The van der Waals surface area contributed by atoms with Crippen molar-refractivity contribution in [2.75, 3.05) is 38.2 Å². The molecule has 1 aliphatic carbocycles. The molecule has 4 atom stereocenters. The molecule has 1 N–H and O–H groups in total. The van der Waals surface area contributed by atoms with Crippen LogP contribution in [0.2, 0.25) is 0 Å². The number of anilines is 1. The first-order valence-electron chi connectivity index (χ1n) is 14.4. The number of carbonyl (C=O) groups excluding carboxylic acids is 1. The molecule has 1 saturated carbocycles. The molecule has 1 aromatic heterocycles. The Labute approximate surface area is 244 Å². The molecule has 1 amide bonds. The Morgan fingerprint density at radius 3 is 2.51 bits per heavy atom. The highest BCUT2D eigenvalue weighted by Gasteiger charge is 2.46. The van der Waals surface area contributed by atoms with Crippen molar-refractivity contribution >= 4 is 28.3 Å². The van der Waals surface area contributed by atoms with E-state index in [9.17, 15) is 14.7 Å². The van der Waals surface area contributed by atoms with E-state index in [1.807, 2.05) is 42.2 Å². The summed E-state index contributed by atoms with van der Waals surface area (Å²) in [6.45, 7) is 7.31. The second-order valence-electron chi connectivity index (χ2n) is 11.7. The molecule has 9 heteroatoms. The molecule has 2 bridgehead atoms. The van der Waals surface area contributed by atoms with Crippen molar-refractivity contribution in [3.63, 3.8) is 0 Å². The molecular formula is C32H37N3O5S. The molecule has 0 unspecified atom stereocenters. The number of likely N-dealkylation sites (tertiary alicyclic amines) is 1. The maximum Gasteiger partial charge on any atom is 0.307 e. The van der Waals surface area contributed by atoms with Crippen LogP contribution in [0.4, 0.5) is 5.13 Å². The summed E-state index contributed by atoms with van der Waals surface area (Å²) >= 11 is 1.61. The Hall–Kier alpha value is -3.43. The van der Waals surface area contributed by atoms with Gasteiger partial charge in [0.2, 0.25) is 0 Å². The molecule has 3 heterocycles. The number of hydrogen-bond acceptors (Lipinski definition) is 7. The van der Waals surface area contributed by atoms with Gasteiger partial charge in [0.1, 0.15) is 12.4 Å². The number of carbonyl (C=O) groups is 2. The van der Waals surface area contributed by atoms with Gasteiger partial charge in [-0.05, 0) is 80.3 Å². The predicted octanol–water partition coefficient (Wildman–Crippen LogP) is 5.41. The number of hydrogen-bond donors (Lipinski definition) is 1. The largest absolute Gasteiger partial charge is 0.488 e. The van der Waals surface area contributed by atoms with Crippen molar-refractivity contribution in [1.82, 2.24) is 9.88 Å². The van der Waals surface area contributed by atoms with Gasteiger partial charge in [-0.1, -0.05) is 17.7 Å². The van der Waals surface area contributed by atoms with Crippen LogP contribution in [0.3, 0.4) is 0 Å². The van der Waals surface area contributed by atoms with Gasteiger partial charge in [-0.3, -0.25) is 9.59 Å². The first-order chi connectivity index (χ1) is 19.8. The molecule has 0 radical (unpaired) electrons. The summed E-state index contributed by atoms with van der Waals surface area (Å²) in [7, 11) is 1.69. The van der Waals surface area contributed by atoms with E-state index >= 15 is 0 Å². The third-order valence-electron chi connectivity index (χ3n) is 9.03. The summed E-state index contributed by atoms with van der Waals surface area (Å²) < 4.78 is 11.8. The van der Waals surface area contributed by atoms with Crippen LogP contribution >= 0.6 is 11.3 Å². The molecule has 0 spiro atoms. The standard InChI is InChI=1S/C32H37N3O5S/c1-19-4-9-28(40-17-24-8-5-21(13-20(24)2)30(36)34-11-10-25(16-34)39-3)26(12-19)27-18-41-32(33-27)35-14-22-6-7-23(15-35)29(22)31(37)38/h4-5,8-9,12-13,18,22-23,25,29H,6-7,10-11,14-17H2,1-3H3,(H,37,38)/t22-,23+,25-,29+/m1/s1. The Morgan fingerprint density at radius 2 is 1.83 bits per heavy atom. The average Bonchev–Trinajstić information content (AvgIpc) is 3.70. The second-order valence-corrected chi connectivity index (χ2v) is 12.5. The summed E-state index contributed by atoms with van der Waals surface area (Å²) in [5.41, 5.74) is 5.67. The highest BCUT2D eigenvalue weighted by atomic mass is 32.1. The lowest BCUT2D eigenvalue weighted by molar-refractivity contribution is -0.144. The van der Waals surface area contributed by atoms with E-state index in [1.54, 1.807) is 18.4 Å². The lowest BCUT2D eigenvalue weighted by Crippen LogP contribution is -2.44. The molecule has 8 nitrogen and oxygen atoms in total. The summed E-state index contributed by atoms with van der Waals surface area (Å²) in [4.78, 5) is 33.9. The number of thiazole rings is 1. The molecule has 2 aliphatic heterocycles. The molecule has 216 valence electrons. The van der Waals surface area contributed by atoms with Crippen molar-refractivity contribution in [2.45, 2.75) is 45.8 Å². The van der Waals surface area contributed by atoms with Gasteiger partial charge in [0, 0.05) is 49.8 Å². The lowest BCUT2D eigenvalue weighted by atomic mass is 9.85. The molecule has 3 aromatic rings. The van der Waals surface area contributed by atoms with Crippen LogP contribution < -0.4 is 9.64 Å². The fraction of sp³-hybridized carbons (Fsp3) is 0.469. The smallest absolute Gasteiger partial charge is 0.307 e. The number of aryl methyl sites for hydroxylation is 2. The monoisotopic (exact) mass is 575 g/mol. The Kier molecular flexibility index (Phi) is 7.74. The molecule has 2 aromatic carbocycles. The quantitative estimate of drug-likeness (QED) is 0.384. The highest BCUT2D eigenvalue weighted by molar-refractivity contribution is 7.14. The molecule has 6 rings (SSSR count). The number of nitrogens with zero attached hydrogens (tertiary/aromatic N) is 3. The Balaban J connectivity index is 1.15. The van der Waals surface area contributed by atoms with Crippen LogP contribution in [0.1, 0.15) is 46.3 Å². The maximum atomic E-state index is 13.0. The predicted molar refractivity (Wildman–Crippen MR) is 159 cm³/mol. The summed E-state index contributed by atoms with van der Waals surface area (Å²) in [5, 5.41) is 12.7. The van der Waals surface area contributed by atoms with Crippen LogP contribution in [-0.2, 0) is 16.1 Å². The van der Waals surface area contributed by atoms with E-state index in [0.717, 1.165) is 77.7 Å². The van der Waals surface area contributed by atoms with Crippen molar-refractivity contribution in [3.8, 4) is 17.0 Å². The fourth-order valence-electron chi connectivity index (χ4n) is 6.72. The average molecular weight is 576 g/mol. The molecule has 3 fully saturated rings. The van der Waals surface area contributed by atoms with Gasteiger partial charge in [-0.2, -0.15) is 0 Å². The van der Waals surface area contributed by atoms with Gasteiger partial charge in [0.15, 0.2) is 5.13 Å². The number of amides is 1. The van der Waals surface area contributed by atoms with Crippen molar-refractivity contribution in [2.24, 2.45) is 17.8 Å². The summed E-state index contributed by atoms with van der Waals surface area (Å²) in [5.74, 6) is 0.320. The zero-order valence-corrected chi connectivity index (χ0v) is 24.7. The minimum absolute atomic E-state index is 0.0421. The van der Waals surface area contributed by atoms with Crippen LogP contribution in [0.25, 0.3) is 11.3 Å². The molecular weight excluding hydrogens is 538 g/mol. The number of rotatable bonds is 8. The Bertz CT molecular complexity index is 1440. The van der Waals surface area contributed by atoms with Crippen molar-refractivity contribution in [1.29, 1.82) is 0 Å². The maximum absolute atomic E-state index is 13.0. The molecule has 3 aliphatic rings. The third kappa shape index (κ3) is 5.57. The molecule has 2 saturated heterocycles. The van der Waals surface area contributed by atoms with Crippen LogP contribution in [-0.4, -0.2) is 66.3 Å². The van der Waals surface area contributed by atoms with E-state index in [1.165, 1.54) is 0 Å².